The van der Waals surface area contributed by atoms with Gasteiger partial charge in [0.15, 0.2) is 5.84 Å². The van der Waals surface area contributed by atoms with Gasteiger partial charge < -0.3 is 19.9 Å². The standard InChI is InChI=1S/C22H27N5O3S/c1-22(2,18-10-3-4-11-24-18)21(28)27-12-6-7-15(13-27)14-30-17-9-5-8-16-19(17)20(23)26-31(29)25-16/h3-5,8-11,15,25H,6-7,12-14H2,1-2H3,(H2,23,26). The van der Waals surface area contributed by atoms with Gasteiger partial charge in [-0.2, -0.15) is 4.72 Å². The van der Waals surface area contributed by atoms with Gasteiger partial charge in [0.25, 0.3) is 0 Å². The number of carbonyl (C=O) groups is 1. The largest absolute Gasteiger partial charge is 0.566 e. The van der Waals surface area contributed by atoms with Crippen LogP contribution in [0.4, 0.5) is 5.69 Å². The maximum absolute atomic E-state index is 13.3. The number of pyridine rings is 1. The van der Waals surface area contributed by atoms with Crippen LogP contribution in [0.25, 0.3) is 0 Å². The summed E-state index contributed by atoms with van der Waals surface area (Å²) < 4.78 is 24.5. The van der Waals surface area contributed by atoms with Crippen molar-refractivity contribution in [1.82, 2.24) is 9.88 Å². The number of amidine groups is 1. The van der Waals surface area contributed by atoms with Crippen LogP contribution in [-0.4, -0.2) is 45.9 Å². The van der Waals surface area contributed by atoms with Crippen LogP contribution in [0.5, 0.6) is 5.75 Å². The molecule has 1 aromatic carbocycles. The predicted octanol–water partition coefficient (Wildman–Crippen LogP) is 2.39. The molecule has 1 fully saturated rings. The molecule has 0 bridgehead atoms. The molecule has 2 aliphatic rings. The first kappa shape index (κ1) is 21.5. The number of benzene rings is 1. The minimum Gasteiger partial charge on any atom is -0.566 e. The van der Waals surface area contributed by atoms with Gasteiger partial charge in [-0.1, -0.05) is 12.1 Å². The summed E-state index contributed by atoms with van der Waals surface area (Å²) in [5.74, 6) is 1.08. The molecule has 2 aliphatic heterocycles. The van der Waals surface area contributed by atoms with Crippen molar-refractivity contribution in [2.24, 2.45) is 16.0 Å². The van der Waals surface area contributed by atoms with Crippen LogP contribution in [-0.2, 0) is 21.8 Å². The van der Waals surface area contributed by atoms with Crippen molar-refractivity contribution >= 4 is 29.0 Å². The van der Waals surface area contributed by atoms with E-state index in [-0.39, 0.29) is 17.7 Å². The topological polar surface area (TPSA) is 116 Å². The van der Waals surface area contributed by atoms with Gasteiger partial charge in [0.1, 0.15) is 5.75 Å². The highest BCUT2D eigenvalue weighted by atomic mass is 32.2. The molecule has 0 radical (unpaired) electrons. The first-order valence-corrected chi connectivity index (χ1v) is 11.5. The van der Waals surface area contributed by atoms with E-state index in [1.807, 2.05) is 49.1 Å². The molecular formula is C22H27N5O3S. The number of nitrogens with two attached hydrogens (primary N) is 1. The molecule has 1 saturated heterocycles. The number of piperidine rings is 1. The second-order valence-electron chi connectivity index (χ2n) is 8.42. The van der Waals surface area contributed by atoms with Gasteiger partial charge in [-0.3, -0.25) is 9.78 Å². The number of aromatic nitrogens is 1. The first-order valence-electron chi connectivity index (χ1n) is 10.4. The fourth-order valence-electron chi connectivity index (χ4n) is 4.08. The van der Waals surface area contributed by atoms with Crippen molar-refractivity contribution in [1.29, 1.82) is 0 Å². The summed E-state index contributed by atoms with van der Waals surface area (Å²) in [7, 11) is 0. The van der Waals surface area contributed by atoms with Crippen molar-refractivity contribution in [3.8, 4) is 5.75 Å². The van der Waals surface area contributed by atoms with E-state index >= 15 is 0 Å². The zero-order valence-corrected chi connectivity index (χ0v) is 18.5. The lowest BCUT2D eigenvalue weighted by Crippen LogP contribution is -2.49. The summed E-state index contributed by atoms with van der Waals surface area (Å²) in [5.41, 5.74) is 7.34. The molecule has 3 N–H and O–H groups in total. The Bertz CT molecular complexity index is 982. The van der Waals surface area contributed by atoms with Gasteiger partial charge >= 0.3 is 0 Å². The van der Waals surface area contributed by atoms with Gasteiger partial charge in [0.05, 0.1) is 29.0 Å². The minimum absolute atomic E-state index is 0.0797. The number of carbonyl (C=O) groups excluding carboxylic acids is 1. The number of likely N-dealkylation sites (tertiary alicyclic amines) is 1. The molecule has 1 amide bonds. The zero-order chi connectivity index (χ0) is 22.0. The molecule has 2 atom stereocenters. The maximum Gasteiger partial charge on any atom is 0.234 e. The summed E-state index contributed by atoms with van der Waals surface area (Å²) >= 11 is -1.57. The van der Waals surface area contributed by atoms with E-state index in [2.05, 4.69) is 14.1 Å². The van der Waals surface area contributed by atoms with Crippen LogP contribution in [0.2, 0.25) is 0 Å². The fraction of sp³-hybridized carbons (Fsp3) is 0.409. The Morgan fingerprint density at radius 2 is 2.19 bits per heavy atom. The molecule has 0 aliphatic carbocycles. The summed E-state index contributed by atoms with van der Waals surface area (Å²) in [6, 6.07) is 11.1. The van der Waals surface area contributed by atoms with Crippen molar-refractivity contribution < 1.29 is 14.1 Å². The smallest absolute Gasteiger partial charge is 0.234 e. The molecule has 2 aromatic rings. The average molecular weight is 442 g/mol. The molecule has 1 aromatic heterocycles. The normalized spacial score (nSPS) is 21.0. The van der Waals surface area contributed by atoms with Gasteiger partial charge in [0, 0.05) is 25.2 Å². The van der Waals surface area contributed by atoms with Gasteiger partial charge in [-0.15, -0.1) is 0 Å². The number of hydrogen-bond acceptors (Lipinski definition) is 7. The highest BCUT2D eigenvalue weighted by molar-refractivity contribution is 7.91. The SMILES string of the molecule is CC(C)(C(=O)N1CCCC(COc2cccc3c2C(N)=N[S+]([O-])N3)C1)c1ccccn1. The predicted molar refractivity (Wildman–Crippen MR) is 121 cm³/mol. The number of anilines is 1. The second-order valence-corrected chi connectivity index (χ2v) is 9.30. The van der Waals surface area contributed by atoms with Crippen LogP contribution in [0.3, 0.4) is 0 Å². The number of nitrogens with one attached hydrogen (secondary N) is 1. The van der Waals surface area contributed by atoms with Crippen molar-refractivity contribution in [3.63, 3.8) is 0 Å². The maximum atomic E-state index is 13.3. The number of amides is 1. The molecule has 0 saturated carbocycles. The number of ether oxygens (including phenoxy) is 1. The molecular weight excluding hydrogens is 414 g/mol. The Balaban J connectivity index is 1.43. The fourth-order valence-corrected chi connectivity index (χ4v) is 4.76. The molecule has 0 spiro atoms. The van der Waals surface area contributed by atoms with Crippen LogP contribution >= 0.6 is 0 Å². The third-order valence-electron chi connectivity index (χ3n) is 5.78. The third kappa shape index (κ3) is 4.47. The van der Waals surface area contributed by atoms with Crippen LogP contribution in [0.15, 0.2) is 47.0 Å². The van der Waals surface area contributed by atoms with Crippen LogP contribution in [0.1, 0.15) is 37.9 Å². The molecule has 31 heavy (non-hydrogen) atoms. The number of nitrogens with zero attached hydrogens (tertiary/aromatic N) is 3. The van der Waals surface area contributed by atoms with Gasteiger partial charge in [-0.25, -0.2) is 0 Å². The summed E-state index contributed by atoms with van der Waals surface area (Å²) in [6.07, 6.45) is 3.63. The zero-order valence-electron chi connectivity index (χ0n) is 17.7. The van der Waals surface area contributed by atoms with Crippen molar-refractivity contribution in [3.05, 3.63) is 53.9 Å². The van der Waals surface area contributed by atoms with E-state index < -0.39 is 17.0 Å². The number of rotatable bonds is 5. The van der Waals surface area contributed by atoms with E-state index in [1.54, 1.807) is 12.3 Å². The molecule has 9 heteroatoms. The monoisotopic (exact) mass is 441 g/mol. The lowest BCUT2D eigenvalue weighted by atomic mass is 9.85. The molecule has 4 rings (SSSR count). The molecule has 8 nitrogen and oxygen atoms in total. The van der Waals surface area contributed by atoms with Crippen molar-refractivity contribution in [2.45, 2.75) is 32.1 Å². The summed E-state index contributed by atoms with van der Waals surface area (Å²) in [4.78, 5) is 19.6. The molecule has 3 heterocycles. The molecule has 164 valence electrons. The Morgan fingerprint density at radius 3 is 2.97 bits per heavy atom. The lowest BCUT2D eigenvalue weighted by Gasteiger charge is -2.37. The van der Waals surface area contributed by atoms with E-state index in [0.29, 0.717) is 30.2 Å². The number of fused-ring (bicyclic) bond motifs is 1. The highest BCUT2D eigenvalue weighted by Gasteiger charge is 2.37. The van der Waals surface area contributed by atoms with Crippen LogP contribution < -0.4 is 15.2 Å². The Morgan fingerprint density at radius 1 is 1.35 bits per heavy atom. The summed E-state index contributed by atoms with van der Waals surface area (Å²) in [6.45, 7) is 5.68. The summed E-state index contributed by atoms with van der Waals surface area (Å²) in [5, 5.41) is 0. The first-order chi connectivity index (χ1) is 14.9. The number of hydrogen-bond donors (Lipinski definition) is 2. The molecule has 2 unspecified atom stereocenters. The Labute approximate surface area is 185 Å². The van der Waals surface area contributed by atoms with Crippen molar-refractivity contribution in [2.75, 3.05) is 24.4 Å². The van der Waals surface area contributed by atoms with E-state index in [1.165, 1.54) is 0 Å². The third-order valence-corrected chi connectivity index (χ3v) is 6.54. The van der Waals surface area contributed by atoms with Crippen LogP contribution in [0, 0.1) is 5.92 Å². The average Bonchev–Trinajstić information content (AvgIpc) is 2.77. The minimum atomic E-state index is -1.57. The Hall–Kier alpha value is -2.78. The van der Waals surface area contributed by atoms with E-state index in [9.17, 15) is 9.35 Å². The highest BCUT2D eigenvalue weighted by Crippen LogP contribution is 2.32. The van der Waals surface area contributed by atoms with Gasteiger partial charge in [0.2, 0.25) is 17.5 Å². The lowest BCUT2D eigenvalue weighted by molar-refractivity contribution is -0.138. The van der Waals surface area contributed by atoms with E-state index in [4.69, 9.17) is 10.5 Å². The quantitative estimate of drug-likeness (QED) is 0.688. The second kappa shape index (κ2) is 8.76. The van der Waals surface area contributed by atoms with E-state index in [0.717, 1.165) is 25.1 Å². The Kier molecular flexibility index (Phi) is 6.06. The van der Waals surface area contributed by atoms with Gasteiger partial charge in [-0.05, 0) is 55.4 Å².